The standard InChI is InChI=1S/C17H24N2O2/c1-13(11-21-12-14-8-6-5-7-9-14)19-16(20)15(10-18)17(2,3)4/h5-9,13,15H,11-12H2,1-4H3,(H,19,20)/t13-,15+/m0/s1. The highest BCUT2D eigenvalue weighted by atomic mass is 16.5. The van der Waals surface area contributed by atoms with Gasteiger partial charge in [0, 0.05) is 6.04 Å². The molecule has 4 heteroatoms. The van der Waals surface area contributed by atoms with Crippen molar-refractivity contribution in [1.82, 2.24) is 5.32 Å². The van der Waals surface area contributed by atoms with E-state index in [2.05, 4.69) is 11.4 Å². The first-order valence-corrected chi connectivity index (χ1v) is 7.16. The molecule has 21 heavy (non-hydrogen) atoms. The molecule has 0 aliphatic rings. The van der Waals surface area contributed by atoms with Gasteiger partial charge in [0.1, 0.15) is 5.92 Å². The van der Waals surface area contributed by atoms with Gasteiger partial charge in [-0.25, -0.2) is 0 Å². The summed E-state index contributed by atoms with van der Waals surface area (Å²) in [7, 11) is 0. The minimum Gasteiger partial charge on any atom is -0.375 e. The second-order valence-electron chi connectivity index (χ2n) is 6.34. The lowest BCUT2D eigenvalue weighted by atomic mass is 9.81. The predicted molar refractivity (Wildman–Crippen MR) is 82.3 cm³/mol. The molecule has 0 saturated carbocycles. The number of amides is 1. The molecule has 0 heterocycles. The van der Waals surface area contributed by atoms with Crippen molar-refractivity contribution in [3.05, 3.63) is 35.9 Å². The largest absolute Gasteiger partial charge is 0.375 e. The zero-order chi connectivity index (χ0) is 15.9. The highest BCUT2D eigenvalue weighted by Crippen LogP contribution is 2.25. The van der Waals surface area contributed by atoms with Crippen LogP contribution in [0.2, 0.25) is 0 Å². The summed E-state index contributed by atoms with van der Waals surface area (Å²) < 4.78 is 5.58. The Kier molecular flexibility index (Phi) is 6.39. The number of nitrogens with zero attached hydrogens (tertiary/aromatic N) is 1. The van der Waals surface area contributed by atoms with Gasteiger partial charge < -0.3 is 10.1 Å². The Morgan fingerprint density at radius 3 is 2.48 bits per heavy atom. The Balaban J connectivity index is 2.38. The first kappa shape index (κ1) is 17.2. The van der Waals surface area contributed by atoms with Gasteiger partial charge in [-0.05, 0) is 17.9 Å². The Morgan fingerprint density at radius 1 is 1.33 bits per heavy atom. The van der Waals surface area contributed by atoms with Crippen LogP contribution in [0.4, 0.5) is 0 Å². The van der Waals surface area contributed by atoms with E-state index >= 15 is 0 Å². The molecule has 114 valence electrons. The van der Waals surface area contributed by atoms with Crippen LogP contribution in [-0.2, 0) is 16.1 Å². The van der Waals surface area contributed by atoms with Crippen molar-refractivity contribution in [1.29, 1.82) is 5.26 Å². The number of ether oxygens (including phenoxy) is 1. The maximum Gasteiger partial charge on any atom is 0.238 e. The van der Waals surface area contributed by atoms with Crippen LogP contribution in [0.3, 0.4) is 0 Å². The third-order valence-corrected chi connectivity index (χ3v) is 3.13. The highest BCUT2D eigenvalue weighted by Gasteiger charge is 2.31. The molecule has 0 spiro atoms. The zero-order valence-corrected chi connectivity index (χ0v) is 13.2. The summed E-state index contributed by atoms with van der Waals surface area (Å²) in [5.41, 5.74) is 0.726. The van der Waals surface area contributed by atoms with E-state index in [0.717, 1.165) is 5.56 Å². The number of hydrogen-bond donors (Lipinski definition) is 1. The second-order valence-corrected chi connectivity index (χ2v) is 6.34. The van der Waals surface area contributed by atoms with E-state index in [-0.39, 0.29) is 17.4 Å². The molecule has 0 radical (unpaired) electrons. The van der Waals surface area contributed by atoms with E-state index in [1.54, 1.807) is 0 Å². The molecule has 0 bridgehead atoms. The fourth-order valence-electron chi connectivity index (χ4n) is 1.94. The minimum atomic E-state index is -0.658. The van der Waals surface area contributed by atoms with Gasteiger partial charge in [-0.2, -0.15) is 5.26 Å². The van der Waals surface area contributed by atoms with Crippen molar-refractivity contribution in [3.8, 4) is 6.07 Å². The lowest BCUT2D eigenvalue weighted by Gasteiger charge is -2.25. The van der Waals surface area contributed by atoms with Crippen molar-refractivity contribution in [3.63, 3.8) is 0 Å². The molecular formula is C17H24N2O2. The molecule has 1 aromatic carbocycles. The van der Waals surface area contributed by atoms with E-state index in [4.69, 9.17) is 10.00 Å². The van der Waals surface area contributed by atoms with E-state index in [0.29, 0.717) is 13.2 Å². The summed E-state index contributed by atoms with van der Waals surface area (Å²) in [5.74, 6) is -0.894. The van der Waals surface area contributed by atoms with E-state index in [1.807, 2.05) is 58.0 Å². The lowest BCUT2D eigenvalue weighted by molar-refractivity contribution is -0.127. The van der Waals surface area contributed by atoms with E-state index < -0.39 is 5.92 Å². The van der Waals surface area contributed by atoms with Gasteiger partial charge in [0.05, 0.1) is 19.3 Å². The van der Waals surface area contributed by atoms with Gasteiger partial charge in [0.15, 0.2) is 0 Å². The SMILES string of the molecule is C[C@@H](COCc1ccccc1)NC(=O)[C@@H](C#N)C(C)(C)C. The number of nitriles is 1. The van der Waals surface area contributed by atoms with Gasteiger partial charge >= 0.3 is 0 Å². The zero-order valence-electron chi connectivity index (χ0n) is 13.2. The first-order chi connectivity index (χ1) is 9.84. The monoisotopic (exact) mass is 288 g/mol. The topological polar surface area (TPSA) is 62.1 Å². The molecule has 1 aromatic rings. The molecule has 4 nitrogen and oxygen atoms in total. The van der Waals surface area contributed by atoms with Crippen molar-refractivity contribution in [2.45, 2.75) is 40.3 Å². The number of carbonyl (C=O) groups is 1. The number of benzene rings is 1. The maximum absolute atomic E-state index is 12.1. The molecule has 0 aliphatic heterocycles. The lowest BCUT2D eigenvalue weighted by Crippen LogP contribution is -2.43. The van der Waals surface area contributed by atoms with Crippen molar-refractivity contribution in [2.75, 3.05) is 6.61 Å². The van der Waals surface area contributed by atoms with Crippen LogP contribution in [0.5, 0.6) is 0 Å². The van der Waals surface area contributed by atoms with E-state index in [1.165, 1.54) is 0 Å². The van der Waals surface area contributed by atoms with Gasteiger partial charge in [0.25, 0.3) is 0 Å². The molecule has 1 N–H and O–H groups in total. The van der Waals surface area contributed by atoms with Gasteiger partial charge in [-0.15, -0.1) is 0 Å². The van der Waals surface area contributed by atoms with Crippen molar-refractivity contribution in [2.24, 2.45) is 11.3 Å². The number of hydrogen-bond acceptors (Lipinski definition) is 3. The second kappa shape index (κ2) is 7.80. The number of rotatable bonds is 6. The summed E-state index contributed by atoms with van der Waals surface area (Å²) in [5, 5.41) is 12.0. The summed E-state index contributed by atoms with van der Waals surface area (Å²) in [6, 6.07) is 11.8. The summed E-state index contributed by atoms with van der Waals surface area (Å²) in [6.45, 7) is 8.47. The Labute approximate surface area is 127 Å². The van der Waals surface area contributed by atoms with Crippen LogP contribution < -0.4 is 5.32 Å². The minimum absolute atomic E-state index is 0.126. The average Bonchev–Trinajstić information content (AvgIpc) is 2.38. The fraction of sp³-hybridized carbons (Fsp3) is 0.529. The van der Waals surface area contributed by atoms with Gasteiger partial charge in [-0.1, -0.05) is 51.1 Å². The van der Waals surface area contributed by atoms with Crippen LogP contribution in [0.25, 0.3) is 0 Å². The Morgan fingerprint density at radius 2 is 1.95 bits per heavy atom. The van der Waals surface area contributed by atoms with Crippen LogP contribution in [0, 0.1) is 22.7 Å². The molecule has 2 atom stereocenters. The van der Waals surface area contributed by atoms with Crippen LogP contribution in [0.15, 0.2) is 30.3 Å². The van der Waals surface area contributed by atoms with Crippen LogP contribution in [-0.4, -0.2) is 18.6 Å². The van der Waals surface area contributed by atoms with Crippen LogP contribution >= 0.6 is 0 Å². The predicted octanol–water partition coefficient (Wildman–Crippen LogP) is 2.89. The van der Waals surface area contributed by atoms with Crippen molar-refractivity contribution >= 4 is 5.91 Å². The van der Waals surface area contributed by atoms with Gasteiger partial charge in [-0.3, -0.25) is 4.79 Å². The third-order valence-electron chi connectivity index (χ3n) is 3.13. The summed E-state index contributed by atoms with van der Waals surface area (Å²) in [6.07, 6.45) is 0. The molecule has 1 rings (SSSR count). The maximum atomic E-state index is 12.1. The molecule has 0 aliphatic carbocycles. The Bertz CT molecular complexity index is 486. The third kappa shape index (κ3) is 5.97. The first-order valence-electron chi connectivity index (χ1n) is 7.16. The molecule has 0 aromatic heterocycles. The Hall–Kier alpha value is -1.86. The number of nitrogens with one attached hydrogen (secondary N) is 1. The summed E-state index contributed by atoms with van der Waals surface area (Å²) >= 11 is 0. The number of carbonyl (C=O) groups excluding carboxylic acids is 1. The molecule has 0 unspecified atom stereocenters. The van der Waals surface area contributed by atoms with Crippen LogP contribution in [0.1, 0.15) is 33.3 Å². The van der Waals surface area contributed by atoms with E-state index in [9.17, 15) is 4.79 Å². The summed E-state index contributed by atoms with van der Waals surface area (Å²) in [4.78, 5) is 12.1. The van der Waals surface area contributed by atoms with Gasteiger partial charge in [0.2, 0.25) is 5.91 Å². The van der Waals surface area contributed by atoms with Crippen molar-refractivity contribution < 1.29 is 9.53 Å². The quantitative estimate of drug-likeness (QED) is 0.875. The molecular weight excluding hydrogens is 264 g/mol. The average molecular weight is 288 g/mol. The molecule has 1 amide bonds. The normalized spacial score (nSPS) is 14.0. The smallest absolute Gasteiger partial charge is 0.238 e. The highest BCUT2D eigenvalue weighted by molar-refractivity contribution is 5.82. The fourth-order valence-corrected chi connectivity index (χ4v) is 1.94. The molecule has 0 fully saturated rings. The molecule has 0 saturated heterocycles.